The summed E-state index contributed by atoms with van der Waals surface area (Å²) in [6.45, 7) is 11.2. The van der Waals surface area contributed by atoms with Crippen molar-refractivity contribution in [3.8, 4) is 5.75 Å². The van der Waals surface area contributed by atoms with Gasteiger partial charge >= 0.3 is 0 Å². The van der Waals surface area contributed by atoms with Gasteiger partial charge in [-0.05, 0) is 51.1 Å². The molecular formula is C23H37N7O. The Bertz CT molecular complexity index is 852. The van der Waals surface area contributed by atoms with Gasteiger partial charge < -0.3 is 20.3 Å². The number of guanidine groups is 1. The number of benzene rings is 1. The summed E-state index contributed by atoms with van der Waals surface area (Å²) in [6, 6.07) is 8.35. The van der Waals surface area contributed by atoms with Crippen LogP contribution in [0.15, 0.2) is 29.3 Å². The molecule has 0 aliphatic carbocycles. The number of ether oxygens (including phenoxy) is 1. The largest absolute Gasteiger partial charge is 0.497 e. The number of rotatable bonds is 8. The third-order valence-corrected chi connectivity index (χ3v) is 6.07. The maximum Gasteiger partial charge on any atom is 0.191 e. The summed E-state index contributed by atoms with van der Waals surface area (Å²) in [5, 5.41) is 11.3. The predicted octanol–water partition coefficient (Wildman–Crippen LogP) is 1.92. The minimum atomic E-state index is 0.735. The zero-order valence-corrected chi connectivity index (χ0v) is 19.6. The van der Waals surface area contributed by atoms with E-state index in [0.29, 0.717) is 0 Å². The van der Waals surface area contributed by atoms with E-state index in [4.69, 9.17) is 4.74 Å². The van der Waals surface area contributed by atoms with Crippen molar-refractivity contribution in [2.75, 3.05) is 58.3 Å². The Morgan fingerprint density at radius 3 is 2.39 bits per heavy atom. The molecule has 2 heterocycles. The number of methoxy groups -OCH3 is 1. The van der Waals surface area contributed by atoms with Crippen LogP contribution in [0.5, 0.6) is 5.75 Å². The molecule has 0 spiro atoms. The predicted molar refractivity (Wildman–Crippen MR) is 127 cm³/mol. The lowest BCUT2D eigenvalue weighted by atomic mass is 10.2. The summed E-state index contributed by atoms with van der Waals surface area (Å²) in [4.78, 5) is 9.34. The maximum atomic E-state index is 5.25. The van der Waals surface area contributed by atoms with Crippen LogP contribution < -0.4 is 20.3 Å². The average Bonchev–Trinajstić information content (AvgIpc) is 3.04. The Balaban J connectivity index is 1.34. The van der Waals surface area contributed by atoms with Crippen LogP contribution in [-0.4, -0.2) is 74.1 Å². The van der Waals surface area contributed by atoms with Gasteiger partial charge in [0.2, 0.25) is 0 Å². The molecule has 31 heavy (non-hydrogen) atoms. The van der Waals surface area contributed by atoms with Gasteiger partial charge in [-0.1, -0.05) is 0 Å². The zero-order valence-electron chi connectivity index (χ0n) is 19.6. The van der Waals surface area contributed by atoms with E-state index >= 15 is 0 Å². The molecule has 1 saturated heterocycles. The highest BCUT2D eigenvalue weighted by molar-refractivity contribution is 5.79. The summed E-state index contributed by atoms with van der Waals surface area (Å²) < 4.78 is 7.18. The lowest BCUT2D eigenvalue weighted by Crippen LogP contribution is -2.47. The van der Waals surface area contributed by atoms with Crippen LogP contribution in [0, 0.1) is 13.8 Å². The van der Waals surface area contributed by atoms with E-state index in [1.54, 1.807) is 7.11 Å². The fourth-order valence-electron chi connectivity index (χ4n) is 4.00. The molecule has 3 rings (SSSR count). The molecule has 1 aliphatic heterocycles. The zero-order chi connectivity index (χ0) is 22.2. The van der Waals surface area contributed by atoms with E-state index in [1.165, 1.54) is 16.9 Å². The summed E-state index contributed by atoms with van der Waals surface area (Å²) >= 11 is 0. The Morgan fingerprint density at radius 2 is 1.81 bits per heavy atom. The van der Waals surface area contributed by atoms with Crippen LogP contribution in [0.1, 0.15) is 23.4 Å². The van der Waals surface area contributed by atoms with Crippen molar-refractivity contribution < 1.29 is 4.74 Å². The number of hydrogen-bond acceptors (Lipinski definition) is 5. The van der Waals surface area contributed by atoms with Crippen LogP contribution in [0.2, 0.25) is 0 Å². The van der Waals surface area contributed by atoms with Crippen LogP contribution in [0.25, 0.3) is 0 Å². The minimum Gasteiger partial charge on any atom is -0.497 e. The summed E-state index contributed by atoms with van der Waals surface area (Å²) in [7, 11) is 5.50. The van der Waals surface area contributed by atoms with E-state index in [9.17, 15) is 0 Å². The van der Waals surface area contributed by atoms with E-state index in [-0.39, 0.29) is 0 Å². The number of aromatic nitrogens is 2. The number of anilines is 1. The maximum absolute atomic E-state index is 5.25. The smallest absolute Gasteiger partial charge is 0.191 e. The van der Waals surface area contributed by atoms with Crippen molar-refractivity contribution in [3.63, 3.8) is 0 Å². The molecule has 0 unspecified atom stereocenters. The molecule has 8 nitrogen and oxygen atoms in total. The second-order valence-electron chi connectivity index (χ2n) is 8.01. The molecule has 0 bridgehead atoms. The fraction of sp³-hybridized carbons (Fsp3) is 0.565. The average molecular weight is 428 g/mol. The van der Waals surface area contributed by atoms with Gasteiger partial charge in [-0.25, -0.2) is 0 Å². The van der Waals surface area contributed by atoms with Crippen molar-refractivity contribution in [3.05, 3.63) is 41.2 Å². The van der Waals surface area contributed by atoms with Gasteiger partial charge in [0, 0.05) is 70.3 Å². The molecule has 2 N–H and O–H groups in total. The summed E-state index contributed by atoms with van der Waals surface area (Å²) in [6.07, 6.45) is 1.09. The molecule has 1 aromatic carbocycles. The van der Waals surface area contributed by atoms with Gasteiger partial charge in [-0.2, -0.15) is 5.10 Å². The number of piperazine rings is 1. The molecule has 8 heteroatoms. The first-order chi connectivity index (χ1) is 15.0. The second kappa shape index (κ2) is 11.0. The monoisotopic (exact) mass is 427 g/mol. The number of hydrogen-bond donors (Lipinski definition) is 2. The quantitative estimate of drug-likeness (QED) is 0.381. The fourth-order valence-corrected chi connectivity index (χ4v) is 4.00. The summed E-state index contributed by atoms with van der Waals surface area (Å²) in [5.41, 5.74) is 4.77. The van der Waals surface area contributed by atoms with E-state index in [0.717, 1.165) is 69.6 Å². The molecule has 170 valence electrons. The molecule has 0 atom stereocenters. The number of aliphatic imine (C=N–C) groups is 1. The molecule has 0 amide bonds. The van der Waals surface area contributed by atoms with Crippen LogP contribution in [-0.2, 0) is 13.6 Å². The molecule has 1 aliphatic rings. The number of aryl methyl sites for hydroxylation is 2. The van der Waals surface area contributed by atoms with Gasteiger partial charge in [0.1, 0.15) is 5.75 Å². The number of nitrogens with zero attached hydrogens (tertiary/aromatic N) is 5. The SMILES string of the molecule is CN=C(NCCCN1CCN(c2ccc(OC)cc2)CC1)NCc1c(C)nn(C)c1C. The van der Waals surface area contributed by atoms with E-state index in [1.807, 2.05) is 30.9 Å². The molecule has 1 fully saturated rings. The van der Waals surface area contributed by atoms with Gasteiger partial charge in [0.25, 0.3) is 0 Å². The van der Waals surface area contributed by atoms with Crippen LogP contribution >= 0.6 is 0 Å². The van der Waals surface area contributed by atoms with Crippen LogP contribution in [0.3, 0.4) is 0 Å². The van der Waals surface area contributed by atoms with Crippen molar-refractivity contribution in [2.24, 2.45) is 12.0 Å². The highest BCUT2D eigenvalue weighted by Crippen LogP contribution is 2.20. The molecule has 0 saturated carbocycles. The Hall–Kier alpha value is -2.74. The second-order valence-corrected chi connectivity index (χ2v) is 8.01. The van der Waals surface area contributed by atoms with Crippen molar-refractivity contribution in [1.29, 1.82) is 0 Å². The van der Waals surface area contributed by atoms with Crippen molar-refractivity contribution in [2.45, 2.75) is 26.8 Å². The molecule has 1 aromatic heterocycles. The lowest BCUT2D eigenvalue weighted by Gasteiger charge is -2.36. The van der Waals surface area contributed by atoms with Gasteiger partial charge in [0.05, 0.1) is 12.8 Å². The standard InChI is InChI=1S/C23H37N7O/c1-18-22(19(2)28(4)27-18)17-26-23(24-3)25-11-6-12-29-13-15-30(16-14-29)20-7-9-21(31-5)10-8-20/h7-10H,6,11-17H2,1-5H3,(H2,24,25,26). The Labute approximate surface area is 186 Å². The topological polar surface area (TPSA) is 70.0 Å². The summed E-state index contributed by atoms with van der Waals surface area (Å²) in [5.74, 6) is 1.75. The Kier molecular flexibility index (Phi) is 8.17. The van der Waals surface area contributed by atoms with E-state index < -0.39 is 0 Å². The Morgan fingerprint density at radius 1 is 1.10 bits per heavy atom. The van der Waals surface area contributed by atoms with Crippen LogP contribution in [0.4, 0.5) is 5.69 Å². The molecule has 2 aromatic rings. The third-order valence-electron chi connectivity index (χ3n) is 6.07. The minimum absolute atomic E-state index is 0.735. The highest BCUT2D eigenvalue weighted by atomic mass is 16.5. The highest BCUT2D eigenvalue weighted by Gasteiger charge is 2.17. The normalized spacial score (nSPS) is 15.3. The van der Waals surface area contributed by atoms with Gasteiger partial charge in [-0.3, -0.25) is 14.6 Å². The van der Waals surface area contributed by atoms with Gasteiger partial charge in [-0.15, -0.1) is 0 Å². The first kappa shape index (κ1) is 22.9. The first-order valence-electron chi connectivity index (χ1n) is 11.1. The van der Waals surface area contributed by atoms with Crippen molar-refractivity contribution >= 4 is 11.6 Å². The first-order valence-corrected chi connectivity index (χ1v) is 11.1. The third kappa shape index (κ3) is 6.13. The number of nitrogens with one attached hydrogen (secondary N) is 2. The van der Waals surface area contributed by atoms with Crippen molar-refractivity contribution in [1.82, 2.24) is 25.3 Å². The lowest BCUT2D eigenvalue weighted by molar-refractivity contribution is 0.255. The van der Waals surface area contributed by atoms with E-state index in [2.05, 4.69) is 56.5 Å². The molecular weight excluding hydrogens is 390 g/mol. The van der Waals surface area contributed by atoms with Gasteiger partial charge in [0.15, 0.2) is 5.96 Å². The molecule has 0 radical (unpaired) electrons.